The van der Waals surface area contributed by atoms with Crippen LogP contribution in [0.5, 0.6) is 5.75 Å². The number of nitrogens with zero attached hydrogens (tertiary/aromatic N) is 3. The SMILES string of the molecule is CNC(=O)c1c(-c2ccc(F)cc2)oc2cc(N(C)S(C)(=O)=O)c(-c3cc4c(cn3)OCn3c-4cc4cc(F)ccc43)cc12. The lowest BCUT2D eigenvalue weighted by Gasteiger charge is -2.23. The van der Waals surface area contributed by atoms with E-state index in [4.69, 9.17) is 9.15 Å². The van der Waals surface area contributed by atoms with Crippen LogP contribution in [0.3, 0.4) is 0 Å². The zero-order valence-corrected chi connectivity index (χ0v) is 24.5. The Hall–Kier alpha value is -5.23. The van der Waals surface area contributed by atoms with E-state index in [0.29, 0.717) is 38.9 Å². The number of carbonyl (C=O) groups excluding carboxylic acids is 1. The molecule has 1 N–H and O–H groups in total. The number of halogens is 2. The molecule has 0 spiro atoms. The highest BCUT2D eigenvalue weighted by Gasteiger charge is 2.28. The van der Waals surface area contributed by atoms with Crippen molar-refractivity contribution in [1.82, 2.24) is 14.9 Å². The maximum Gasteiger partial charge on any atom is 0.255 e. The van der Waals surface area contributed by atoms with Crippen LogP contribution in [0, 0.1) is 11.6 Å². The predicted octanol–water partition coefficient (Wildman–Crippen LogP) is 6.17. The van der Waals surface area contributed by atoms with Crippen LogP contribution < -0.4 is 14.4 Å². The van der Waals surface area contributed by atoms with Crippen molar-refractivity contribution in [3.05, 3.63) is 90.1 Å². The highest BCUT2D eigenvalue weighted by molar-refractivity contribution is 7.92. The summed E-state index contributed by atoms with van der Waals surface area (Å²) in [4.78, 5) is 17.8. The molecule has 0 fully saturated rings. The van der Waals surface area contributed by atoms with Gasteiger partial charge in [0.2, 0.25) is 10.0 Å². The topological polar surface area (TPSA) is 107 Å². The highest BCUT2D eigenvalue weighted by atomic mass is 32.2. The molecule has 12 heteroatoms. The average Bonchev–Trinajstić information content (AvgIpc) is 3.57. The average molecular weight is 615 g/mol. The maximum absolute atomic E-state index is 14.0. The molecule has 222 valence electrons. The van der Waals surface area contributed by atoms with Gasteiger partial charge in [-0.15, -0.1) is 0 Å². The van der Waals surface area contributed by atoms with Gasteiger partial charge in [0.25, 0.3) is 5.91 Å². The normalized spacial score (nSPS) is 12.6. The number of pyridine rings is 1. The Kier molecular flexibility index (Phi) is 6.22. The number of aromatic nitrogens is 2. The molecular weight excluding hydrogens is 590 g/mol. The van der Waals surface area contributed by atoms with E-state index >= 15 is 0 Å². The number of hydrogen-bond donors (Lipinski definition) is 1. The molecule has 6 aromatic rings. The van der Waals surface area contributed by atoms with Crippen LogP contribution in [-0.4, -0.2) is 44.2 Å². The summed E-state index contributed by atoms with van der Waals surface area (Å²) < 4.78 is 68.4. The summed E-state index contributed by atoms with van der Waals surface area (Å²) >= 11 is 0. The fourth-order valence-corrected chi connectivity index (χ4v) is 6.08. The zero-order valence-electron chi connectivity index (χ0n) is 23.7. The van der Waals surface area contributed by atoms with Gasteiger partial charge in [-0.3, -0.25) is 14.1 Å². The lowest BCUT2D eigenvalue weighted by Crippen LogP contribution is -2.25. The Morgan fingerprint density at radius 3 is 2.48 bits per heavy atom. The largest absolute Gasteiger partial charge is 0.470 e. The first-order valence-corrected chi connectivity index (χ1v) is 15.3. The number of fused-ring (bicyclic) bond motifs is 6. The van der Waals surface area contributed by atoms with Crippen molar-refractivity contribution in [3.8, 4) is 39.6 Å². The minimum Gasteiger partial charge on any atom is -0.470 e. The van der Waals surface area contributed by atoms with Gasteiger partial charge in [0.05, 0.1) is 40.6 Å². The van der Waals surface area contributed by atoms with Crippen LogP contribution in [0.15, 0.2) is 77.3 Å². The first kappa shape index (κ1) is 27.6. The smallest absolute Gasteiger partial charge is 0.255 e. The number of hydrogen-bond acceptors (Lipinski definition) is 6. The van der Waals surface area contributed by atoms with Crippen LogP contribution >= 0.6 is 0 Å². The number of rotatable bonds is 5. The third kappa shape index (κ3) is 4.37. The van der Waals surface area contributed by atoms with E-state index in [1.165, 1.54) is 50.5 Å². The number of ether oxygens (including phenoxy) is 1. The fraction of sp³-hybridized carbons (Fsp3) is 0.125. The molecule has 1 aliphatic rings. The van der Waals surface area contributed by atoms with E-state index in [-0.39, 0.29) is 35.1 Å². The predicted molar refractivity (Wildman–Crippen MR) is 163 cm³/mol. The molecule has 0 radical (unpaired) electrons. The van der Waals surface area contributed by atoms with Gasteiger partial charge in [0.1, 0.15) is 28.7 Å². The third-order valence-electron chi connectivity index (χ3n) is 7.84. The second-order valence-electron chi connectivity index (χ2n) is 10.5. The van der Waals surface area contributed by atoms with E-state index < -0.39 is 21.7 Å². The molecule has 9 nitrogen and oxygen atoms in total. The molecule has 0 saturated heterocycles. The van der Waals surface area contributed by atoms with Crippen molar-refractivity contribution in [3.63, 3.8) is 0 Å². The van der Waals surface area contributed by atoms with Crippen LogP contribution in [0.2, 0.25) is 0 Å². The number of furan rings is 1. The Bertz CT molecular complexity index is 2260. The molecule has 7 rings (SSSR count). The molecule has 1 amide bonds. The van der Waals surface area contributed by atoms with E-state index in [9.17, 15) is 22.0 Å². The second kappa shape index (κ2) is 9.91. The lowest BCUT2D eigenvalue weighted by atomic mass is 9.99. The van der Waals surface area contributed by atoms with Gasteiger partial charge < -0.3 is 19.0 Å². The summed E-state index contributed by atoms with van der Waals surface area (Å²) in [5.41, 5.74) is 4.24. The summed E-state index contributed by atoms with van der Waals surface area (Å²) in [7, 11) is -0.847. The summed E-state index contributed by atoms with van der Waals surface area (Å²) in [5, 5.41) is 3.74. The standard InChI is InChI=1S/C32H24F2N4O5S/c1-35-32(39)30-23-12-21(26(37(2)44(3,40)41)14-28(23)43-31(30)17-4-6-19(33)7-5-17)24-13-22-27-11-18-10-20(34)8-9-25(18)38(27)16-42-29(22)15-36-24/h4-15H,16H2,1-3H3,(H,35,39). The monoisotopic (exact) mass is 614 g/mol. The summed E-state index contributed by atoms with van der Waals surface area (Å²) in [6, 6.07) is 16.9. The minimum atomic E-state index is -3.75. The number of benzene rings is 3. The highest BCUT2D eigenvalue weighted by Crippen LogP contribution is 2.44. The summed E-state index contributed by atoms with van der Waals surface area (Å²) in [6.45, 7) is 0.211. The number of nitrogens with one attached hydrogen (secondary N) is 1. The Balaban J connectivity index is 1.49. The van der Waals surface area contributed by atoms with Crippen molar-refractivity contribution in [1.29, 1.82) is 0 Å². The van der Waals surface area contributed by atoms with Crippen molar-refractivity contribution in [2.75, 3.05) is 24.7 Å². The molecule has 0 saturated carbocycles. The van der Waals surface area contributed by atoms with Gasteiger partial charge in [0, 0.05) is 47.6 Å². The van der Waals surface area contributed by atoms with E-state index in [2.05, 4.69) is 10.3 Å². The summed E-state index contributed by atoms with van der Waals surface area (Å²) in [5.74, 6) is -0.533. The van der Waals surface area contributed by atoms with Gasteiger partial charge in [-0.25, -0.2) is 17.2 Å². The van der Waals surface area contributed by atoms with Crippen LogP contribution in [0.4, 0.5) is 14.5 Å². The number of carbonyl (C=O) groups is 1. The van der Waals surface area contributed by atoms with Gasteiger partial charge in [-0.05, 0) is 60.7 Å². The summed E-state index contributed by atoms with van der Waals surface area (Å²) in [6.07, 6.45) is 2.63. The van der Waals surface area contributed by atoms with E-state index in [0.717, 1.165) is 21.8 Å². The van der Waals surface area contributed by atoms with Gasteiger partial charge in [-0.2, -0.15) is 0 Å². The third-order valence-corrected chi connectivity index (χ3v) is 9.03. The lowest BCUT2D eigenvalue weighted by molar-refractivity contribution is 0.0964. The molecule has 0 unspecified atom stereocenters. The molecule has 3 aromatic carbocycles. The number of anilines is 1. The zero-order chi connectivity index (χ0) is 30.9. The second-order valence-corrected chi connectivity index (χ2v) is 12.5. The quantitative estimate of drug-likeness (QED) is 0.249. The minimum absolute atomic E-state index is 0.201. The molecule has 44 heavy (non-hydrogen) atoms. The molecule has 0 atom stereocenters. The molecule has 3 aromatic heterocycles. The maximum atomic E-state index is 14.0. The van der Waals surface area contributed by atoms with Crippen LogP contribution in [0.1, 0.15) is 10.4 Å². The first-order valence-electron chi connectivity index (χ1n) is 13.5. The molecule has 0 aliphatic carbocycles. The molecule has 4 heterocycles. The molecular formula is C32H24F2N4O5S. The van der Waals surface area contributed by atoms with Crippen LogP contribution in [0.25, 0.3) is 55.7 Å². The Morgan fingerprint density at radius 2 is 1.75 bits per heavy atom. The molecule has 0 bridgehead atoms. The molecule has 1 aliphatic heterocycles. The van der Waals surface area contributed by atoms with Crippen LogP contribution in [-0.2, 0) is 16.8 Å². The van der Waals surface area contributed by atoms with Crippen molar-refractivity contribution in [2.24, 2.45) is 0 Å². The fourth-order valence-electron chi connectivity index (χ4n) is 5.57. The van der Waals surface area contributed by atoms with Gasteiger partial charge in [0.15, 0.2) is 6.73 Å². The van der Waals surface area contributed by atoms with Crippen molar-refractivity contribution >= 4 is 43.5 Å². The van der Waals surface area contributed by atoms with Crippen molar-refractivity contribution in [2.45, 2.75) is 6.73 Å². The van der Waals surface area contributed by atoms with Gasteiger partial charge >= 0.3 is 0 Å². The Morgan fingerprint density at radius 1 is 1.00 bits per heavy atom. The Labute approximate surface area is 250 Å². The first-order chi connectivity index (χ1) is 21.0. The van der Waals surface area contributed by atoms with Crippen molar-refractivity contribution < 1.29 is 31.1 Å². The van der Waals surface area contributed by atoms with E-state index in [1.807, 2.05) is 10.6 Å². The number of amides is 1. The van der Waals surface area contributed by atoms with Gasteiger partial charge in [-0.1, -0.05) is 0 Å². The van der Waals surface area contributed by atoms with E-state index in [1.54, 1.807) is 30.5 Å². The number of sulfonamides is 1.